The number of nitrogens with zero attached hydrogens (tertiary/aromatic N) is 1. The first kappa shape index (κ1) is 17.0. The van der Waals surface area contributed by atoms with Crippen molar-refractivity contribution in [2.24, 2.45) is 0 Å². The highest BCUT2D eigenvalue weighted by Crippen LogP contribution is 2.34. The topological polar surface area (TPSA) is 65.4 Å². The van der Waals surface area contributed by atoms with Crippen molar-refractivity contribution in [2.45, 2.75) is 18.1 Å². The van der Waals surface area contributed by atoms with Crippen LogP contribution in [0.25, 0.3) is 10.9 Å². The number of carbonyl (C=O) groups is 1. The number of methoxy groups -OCH3 is 1. The fourth-order valence-corrected chi connectivity index (χ4v) is 4.69. The Bertz CT molecular complexity index is 987. The van der Waals surface area contributed by atoms with Gasteiger partial charge in [0.2, 0.25) is 10.0 Å². The predicted molar refractivity (Wildman–Crippen MR) is 96.8 cm³/mol. The van der Waals surface area contributed by atoms with Crippen molar-refractivity contribution in [2.75, 3.05) is 7.11 Å². The van der Waals surface area contributed by atoms with Gasteiger partial charge in [-0.3, -0.25) is 0 Å². The number of benzene rings is 1. The van der Waals surface area contributed by atoms with Crippen molar-refractivity contribution in [3.05, 3.63) is 58.7 Å². The zero-order valence-corrected chi connectivity index (χ0v) is 15.6. The van der Waals surface area contributed by atoms with Gasteiger partial charge in [-0.05, 0) is 25.5 Å². The molecule has 0 bridgehead atoms. The number of para-hydroxylation sites is 1. The van der Waals surface area contributed by atoms with Crippen LogP contribution in [0.3, 0.4) is 0 Å². The van der Waals surface area contributed by atoms with E-state index in [1.165, 1.54) is 17.3 Å². The first-order valence-corrected chi connectivity index (χ1v) is 9.52. The summed E-state index contributed by atoms with van der Waals surface area (Å²) in [5.41, 5.74) is 0.566. The molecule has 1 unspecified atom stereocenters. The van der Waals surface area contributed by atoms with Crippen molar-refractivity contribution in [3.8, 4) is 0 Å². The number of aromatic nitrogens is 1. The van der Waals surface area contributed by atoms with E-state index in [1.54, 1.807) is 43.3 Å². The number of halogens is 1. The lowest BCUT2D eigenvalue weighted by atomic mass is 10.0. The van der Waals surface area contributed by atoms with Gasteiger partial charge in [0.1, 0.15) is 4.75 Å². The van der Waals surface area contributed by atoms with Crippen LogP contribution in [0.4, 0.5) is 0 Å². The third-order valence-electron chi connectivity index (χ3n) is 4.23. The maximum atomic E-state index is 13.3. The summed E-state index contributed by atoms with van der Waals surface area (Å²) in [6, 6.07) is 6.72. The van der Waals surface area contributed by atoms with Crippen LogP contribution in [0.2, 0.25) is 0 Å². The predicted octanol–water partition coefficient (Wildman–Crippen LogP) is 3.60. The lowest BCUT2D eigenvalue weighted by molar-refractivity contribution is 0.0602. The monoisotopic (exact) mass is 409 g/mol. The smallest absolute Gasteiger partial charge is 0.340 e. The molecular formula is C17H16BrNO4S. The summed E-state index contributed by atoms with van der Waals surface area (Å²) in [7, 11) is -2.50. The molecule has 0 saturated heterocycles. The molecule has 0 saturated carbocycles. The van der Waals surface area contributed by atoms with Crippen molar-refractivity contribution in [3.63, 3.8) is 0 Å². The number of esters is 1. The molecule has 0 N–H and O–H groups in total. The van der Waals surface area contributed by atoms with Crippen LogP contribution in [0.1, 0.15) is 23.7 Å². The Kier molecular flexibility index (Phi) is 4.17. The number of ether oxygens (including phenoxy) is 1. The minimum absolute atomic E-state index is 0.226. The number of hydrogen-bond acceptors (Lipinski definition) is 4. The van der Waals surface area contributed by atoms with E-state index in [-0.39, 0.29) is 5.56 Å². The van der Waals surface area contributed by atoms with Gasteiger partial charge in [0.05, 0.1) is 18.2 Å². The molecule has 126 valence electrons. The van der Waals surface area contributed by atoms with Gasteiger partial charge in [0.15, 0.2) is 0 Å². The van der Waals surface area contributed by atoms with Crippen molar-refractivity contribution >= 4 is 42.8 Å². The van der Waals surface area contributed by atoms with Crippen LogP contribution in [-0.4, -0.2) is 30.2 Å². The summed E-state index contributed by atoms with van der Waals surface area (Å²) in [5.74, 6) is -0.567. The molecule has 3 rings (SSSR count). The summed E-state index contributed by atoms with van der Waals surface area (Å²) in [4.78, 5) is 12.0. The van der Waals surface area contributed by atoms with E-state index in [0.29, 0.717) is 17.3 Å². The Hall–Kier alpha value is -1.86. The largest absolute Gasteiger partial charge is 0.465 e. The standard InChI is InChI=1S/C17H16BrNO4S/c1-17(9-6-13(18)7-10-17)24(21,22)19-11-8-12-4-3-5-14(15(12)19)16(20)23-2/h3-9,11H,10H2,1-2H3. The molecule has 1 heterocycles. The summed E-state index contributed by atoms with van der Waals surface area (Å²) in [6.07, 6.45) is 7.04. The van der Waals surface area contributed by atoms with Gasteiger partial charge in [-0.2, -0.15) is 0 Å². The van der Waals surface area contributed by atoms with Crippen LogP contribution in [0, 0.1) is 0 Å². The average molecular weight is 410 g/mol. The Morgan fingerprint density at radius 2 is 2.08 bits per heavy atom. The molecule has 1 aliphatic rings. The van der Waals surface area contributed by atoms with Crippen LogP contribution >= 0.6 is 15.9 Å². The van der Waals surface area contributed by atoms with Crippen LogP contribution in [0.15, 0.2) is 53.2 Å². The third kappa shape index (κ3) is 2.52. The Morgan fingerprint density at radius 3 is 2.71 bits per heavy atom. The molecule has 7 heteroatoms. The molecule has 0 aliphatic heterocycles. The molecule has 2 aromatic rings. The fourth-order valence-electron chi connectivity index (χ4n) is 2.75. The SMILES string of the molecule is COC(=O)c1cccc2ccn(S(=O)(=O)C3(C)C=CC(Br)=CC3)c12. The fraction of sp³-hybridized carbons (Fsp3) is 0.235. The highest BCUT2D eigenvalue weighted by atomic mass is 79.9. The zero-order chi connectivity index (χ0) is 17.5. The second-order valence-electron chi connectivity index (χ2n) is 5.79. The van der Waals surface area contributed by atoms with Crippen molar-refractivity contribution in [1.82, 2.24) is 3.97 Å². The highest BCUT2D eigenvalue weighted by Gasteiger charge is 2.39. The number of allylic oxidation sites excluding steroid dienone is 3. The minimum Gasteiger partial charge on any atom is -0.465 e. The van der Waals surface area contributed by atoms with Crippen molar-refractivity contribution in [1.29, 1.82) is 0 Å². The molecule has 24 heavy (non-hydrogen) atoms. The minimum atomic E-state index is -3.78. The van der Waals surface area contributed by atoms with Crippen LogP contribution in [0.5, 0.6) is 0 Å². The molecule has 0 amide bonds. The van der Waals surface area contributed by atoms with Gasteiger partial charge in [-0.15, -0.1) is 0 Å². The van der Waals surface area contributed by atoms with E-state index in [0.717, 1.165) is 4.48 Å². The van der Waals surface area contributed by atoms with Crippen LogP contribution < -0.4 is 0 Å². The second-order valence-corrected chi connectivity index (χ2v) is 8.98. The molecule has 0 radical (unpaired) electrons. The van der Waals surface area contributed by atoms with E-state index < -0.39 is 20.7 Å². The Balaban J connectivity index is 2.23. The number of rotatable bonds is 3. The normalized spacial score (nSPS) is 20.9. The summed E-state index contributed by atoms with van der Waals surface area (Å²) >= 11 is 3.35. The van der Waals surface area contributed by atoms with E-state index in [2.05, 4.69) is 15.9 Å². The first-order valence-electron chi connectivity index (χ1n) is 7.28. The van der Waals surface area contributed by atoms with Crippen molar-refractivity contribution < 1.29 is 17.9 Å². The lowest BCUT2D eigenvalue weighted by Crippen LogP contribution is -2.38. The number of carbonyl (C=O) groups excluding carboxylic acids is 1. The summed E-state index contributed by atoms with van der Waals surface area (Å²) in [6.45, 7) is 1.67. The second kappa shape index (κ2) is 5.89. The molecule has 1 aliphatic carbocycles. The molecule has 1 aromatic carbocycles. The third-order valence-corrected chi connectivity index (χ3v) is 7.12. The zero-order valence-electron chi connectivity index (χ0n) is 13.2. The maximum Gasteiger partial charge on any atom is 0.340 e. The van der Waals surface area contributed by atoms with Gasteiger partial charge in [0, 0.05) is 16.1 Å². The number of hydrogen-bond donors (Lipinski definition) is 0. The van der Waals surface area contributed by atoms with E-state index in [1.807, 2.05) is 6.08 Å². The van der Waals surface area contributed by atoms with Gasteiger partial charge < -0.3 is 4.74 Å². The van der Waals surface area contributed by atoms with Gasteiger partial charge in [0.25, 0.3) is 0 Å². The summed E-state index contributed by atoms with van der Waals surface area (Å²) in [5, 5.41) is 0.668. The van der Waals surface area contributed by atoms with E-state index in [4.69, 9.17) is 4.74 Å². The summed E-state index contributed by atoms with van der Waals surface area (Å²) < 4.78 is 32.3. The maximum absolute atomic E-state index is 13.3. The molecule has 1 atom stereocenters. The Labute approximate surface area is 148 Å². The number of fused-ring (bicyclic) bond motifs is 1. The van der Waals surface area contributed by atoms with E-state index >= 15 is 0 Å². The first-order chi connectivity index (χ1) is 11.3. The van der Waals surface area contributed by atoms with E-state index in [9.17, 15) is 13.2 Å². The van der Waals surface area contributed by atoms with Gasteiger partial charge in [-0.25, -0.2) is 17.2 Å². The Morgan fingerprint density at radius 1 is 1.33 bits per heavy atom. The average Bonchev–Trinajstić information content (AvgIpc) is 3.01. The molecule has 5 nitrogen and oxygen atoms in total. The molecule has 0 spiro atoms. The van der Waals surface area contributed by atoms with Gasteiger partial charge in [-0.1, -0.05) is 46.3 Å². The highest BCUT2D eigenvalue weighted by molar-refractivity contribution is 9.11. The lowest BCUT2D eigenvalue weighted by Gasteiger charge is -2.28. The van der Waals surface area contributed by atoms with Crippen LogP contribution in [-0.2, 0) is 14.8 Å². The molecule has 1 aromatic heterocycles. The van der Waals surface area contributed by atoms with Gasteiger partial charge >= 0.3 is 5.97 Å². The molecule has 0 fully saturated rings. The molecular weight excluding hydrogens is 394 g/mol. The quantitative estimate of drug-likeness (QED) is 0.726.